The summed E-state index contributed by atoms with van der Waals surface area (Å²) < 4.78 is 37.6. The van der Waals surface area contributed by atoms with Crippen LogP contribution >= 0.6 is 11.3 Å². The number of halogens is 3. The summed E-state index contributed by atoms with van der Waals surface area (Å²) in [7, 11) is 0. The van der Waals surface area contributed by atoms with Crippen molar-refractivity contribution in [1.29, 1.82) is 5.26 Å². The molecule has 0 bridgehead atoms. The van der Waals surface area contributed by atoms with Crippen LogP contribution in [0.4, 0.5) is 13.2 Å². The number of amides is 1. The highest BCUT2D eigenvalue weighted by Gasteiger charge is 2.44. The lowest BCUT2D eigenvalue weighted by atomic mass is 10.00. The van der Waals surface area contributed by atoms with E-state index in [0.717, 1.165) is 21.8 Å². The molecule has 1 aromatic heterocycles. The Balaban J connectivity index is 1.62. The van der Waals surface area contributed by atoms with Crippen molar-refractivity contribution in [3.8, 4) is 17.2 Å². The van der Waals surface area contributed by atoms with Gasteiger partial charge in [0.1, 0.15) is 12.1 Å². The summed E-state index contributed by atoms with van der Waals surface area (Å²) in [6, 6.07) is 7.71. The molecule has 170 valence electrons. The Morgan fingerprint density at radius 1 is 1.28 bits per heavy atom. The van der Waals surface area contributed by atoms with E-state index in [1.807, 2.05) is 37.3 Å². The first-order valence-electron chi connectivity index (χ1n) is 10.1. The molecule has 1 N–H and O–H groups in total. The number of hydrogen-bond donors (Lipinski definition) is 1. The molecule has 0 saturated carbocycles. The van der Waals surface area contributed by atoms with Gasteiger partial charge in [0.2, 0.25) is 5.91 Å². The summed E-state index contributed by atoms with van der Waals surface area (Å²) >= 11 is 1.62. The van der Waals surface area contributed by atoms with Crippen LogP contribution in [0.25, 0.3) is 11.1 Å². The number of nitrogens with one attached hydrogen (secondary N) is 1. The Bertz CT molecular complexity index is 998. The second kappa shape index (κ2) is 10.1. The SMILES string of the molecule is Cc1cscc1-c1ccc(C[C@@H](C#N)NC(=O)[C@@H]2CCCCN2OC(=O)C(F)(F)F)cc1. The van der Waals surface area contributed by atoms with Gasteiger partial charge in [0.15, 0.2) is 0 Å². The highest BCUT2D eigenvalue weighted by atomic mass is 32.1. The van der Waals surface area contributed by atoms with Crippen molar-refractivity contribution in [3.05, 3.63) is 46.2 Å². The minimum atomic E-state index is -5.15. The third kappa shape index (κ3) is 5.87. The van der Waals surface area contributed by atoms with Gasteiger partial charge >= 0.3 is 12.1 Å². The number of hydrogen-bond acceptors (Lipinski definition) is 6. The maximum atomic E-state index is 12.7. The second-order valence-electron chi connectivity index (χ2n) is 7.59. The van der Waals surface area contributed by atoms with E-state index in [9.17, 15) is 28.0 Å². The van der Waals surface area contributed by atoms with E-state index in [-0.39, 0.29) is 19.4 Å². The Morgan fingerprint density at radius 2 is 2.00 bits per heavy atom. The van der Waals surface area contributed by atoms with Crippen LogP contribution in [-0.4, -0.2) is 41.7 Å². The van der Waals surface area contributed by atoms with E-state index in [0.29, 0.717) is 12.8 Å². The average Bonchev–Trinajstić information content (AvgIpc) is 3.19. The zero-order chi connectivity index (χ0) is 23.3. The van der Waals surface area contributed by atoms with Gasteiger partial charge < -0.3 is 10.2 Å². The molecule has 0 aliphatic carbocycles. The van der Waals surface area contributed by atoms with Crippen molar-refractivity contribution in [2.45, 2.75) is 50.9 Å². The van der Waals surface area contributed by atoms with E-state index in [2.05, 4.69) is 20.9 Å². The Kier molecular flexibility index (Phi) is 7.53. The summed E-state index contributed by atoms with van der Waals surface area (Å²) in [4.78, 5) is 28.3. The largest absolute Gasteiger partial charge is 0.492 e. The first-order chi connectivity index (χ1) is 15.2. The number of rotatable bonds is 6. The van der Waals surface area contributed by atoms with Crippen LogP contribution in [0.15, 0.2) is 35.0 Å². The maximum absolute atomic E-state index is 12.7. The number of nitriles is 1. The summed E-state index contributed by atoms with van der Waals surface area (Å²) in [5.74, 6) is -3.01. The summed E-state index contributed by atoms with van der Waals surface area (Å²) in [5.41, 5.74) is 4.19. The van der Waals surface area contributed by atoms with E-state index in [4.69, 9.17) is 0 Å². The van der Waals surface area contributed by atoms with Crippen LogP contribution in [-0.2, 0) is 20.8 Å². The molecular weight excluding hydrogens is 443 g/mol. The smallest absolute Gasteiger partial charge is 0.360 e. The normalized spacial score (nSPS) is 17.9. The van der Waals surface area contributed by atoms with Crippen molar-refractivity contribution in [1.82, 2.24) is 10.4 Å². The van der Waals surface area contributed by atoms with Gasteiger partial charge in [-0.2, -0.15) is 29.8 Å². The maximum Gasteiger partial charge on any atom is 0.492 e. The number of carbonyl (C=O) groups excluding carboxylic acids is 2. The van der Waals surface area contributed by atoms with Gasteiger partial charge in [-0.05, 0) is 59.2 Å². The lowest BCUT2D eigenvalue weighted by molar-refractivity contribution is -0.248. The van der Waals surface area contributed by atoms with Gasteiger partial charge in [0.05, 0.1) is 6.07 Å². The van der Waals surface area contributed by atoms with Crippen LogP contribution in [0.3, 0.4) is 0 Å². The van der Waals surface area contributed by atoms with Crippen LogP contribution in [0.1, 0.15) is 30.4 Å². The number of hydroxylamine groups is 2. The number of alkyl halides is 3. The minimum absolute atomic E-state index is 0.0145. The van der Waals surface area contributed by atoms with Crippen molar-refractivity contribution in [2.24, 2.45) is 0 Å². The number of benzene rings is 1. The second-order valence-corrected chi connectivity index (χ2v) is 8.33. The van der Waals surface area contributed by atoms with Crippen LogP contribution in [0.2, 0.25) is 0 Å². The lowest BCUT2D eigenvalue weighted by Crippen LogP contribution is -2.53. The quantitative estimate of drug-likeness (QED) is 0.693. The highest BCUT2D eigenvalue weighted by Crippen LogP contribution is 2.27. The van der Waals surface area contributed by atoms with Crippen molar-refractivity contribution < 1.29 is 27.6 Å². The molecule has 1 aromatic carbocycles. The van der Waals surface area contributed by atoms with Crippen molar-refractivity contribution in [2.75, 3.05) is 6.54 Å². The molecule has 32 heavy (non-hydrogen) atoms. The number of piperidine rings is 1. The fraction of sp³-hybridized carbons (Fsp3) is 0.409. The minimum Gasteiger partial charge on any atom is -0.360 e. The van der Waals surface area contributed by atoms with Gasteiger partial charge in [-0.1, -0.05) is 24.3 Å². The van der Waals surface area contributed by atoms with Gasteiger partial charge in [-0.25, -0.2) is 4.79 Å². The zero-order valence-corrected chi connectivity index (χ0v) is 18.1. The molecule has 3 rings (SSSR count). The number of carbonyl (C=O) groups is 2. The third-order valence-electron chi connectivity index (χ3n) is 5.22. The fourth-order valence-electron chi connectivity index (χ4n) is 3.54. The van der Waals surface area contributed by atoms with Gasteiger partial charge in [0, 0.05) is 13.0 Å². The standard InChI is InChI=1S/C22H22F3N3O3S/c1-14-12-32-13-18(14)16-7-5-15(6-8-16)10-17(11-26)27-20(29)19-4-2-3-9-28(19)31-21(30)22(23,24)25/h5-8,12-13,17,19H,2-4,9-10H2,1H3,(H,27,29)/t17-,19-/m0/s1. The Labute approximate surface area is 187 Å². The van der Waals surface area contributed by atoms with Gasteiger partial charge in [-0.15, -0.1) is 5.06 Å². The molecule has 1 saturated heterocycles. The molecular formula is C22H22F3N3O3S. The monoisotopic (exact) mass is 465 g/mol. The van der Waals surface area contributed by atoms with E-state index < -0.39 is 30.1 Å². The molecule has 0 unspecified atom stereocenters. The van der Waals surface area contributed by atoms with Crippen LogP contribution in [0.5, 0.6) is 0 Å². The predicted molar refractivity (Wildman–Crippen MR) is 112 cm³/mol. The molecule has 0 radical (unpaired) electrons. The first kappa shape index (κ1) is 23.8. The summed E-state index contributed by atoms with van der Waals surface area (Å²) in [5, 5.41) is 16.9. The fourth-order valence-corrected chi connectivity index (χ4v) is 4.40. The molecule has 1 fully saturated rings. The molecule has 6 nitrogen and oxygen atoms in total. The molecule has 2 aromatic rings. The first-order valence-corrected chi connectivity index (χ1v) is 11.0. The lowest BCUT2D eigenvalue weighted by Gasteiger charge is -2.33. The molecule has 1 aliphatic rings. The molecule has 2 atom stereocenters. The average molecular weight is 465 g/mol. The zero-order valence-electron chi connectivity index (χ0n) is 17.3. The molecule has 2 heterocycles. The molecule has 1 amide bonds. The summed E-state index contributed by atoms with van der Waals surface area (Å²) in [6.07, 6.45) is -3.60. The highest BCUT2D eigenvalue weighted by molar-refractivity contribution is 7.08. The molecule has 1 aliphatic heterocycles. The Morgan fingerprint density at radius 3 is 2.59 bits per heavy atom. The van der Waals surface area contributed by atoms with Crippen molar-refractivity contribution >= 4 is 23.2 Å². The van der Waals surface area contributed by atoms with Crippen LogP contribution in [0, 0.1) is 18.3 Å². The van der Waals surface area contributed by atoms with E-state index in [1.165, 1.54) is 5.56 Å². The Hall–Kier alpha value is -2.90. The number of thiophene rings is 1. The predicted octanol–water partition coefficient (Wildman–Crippen LogP) is 4.15. The third-order valence-corrected chi connectivity index (χ3v) is 6.08. The molecule has 0 spiro atoms. The topological polar surface area (TPSA) is 82.4 Å². The number of aryl methyl sites for hydroxylation is 1. The van der Waals surface area contributed by atoms with Gasteiger partial charge in [0.25, 0.3) is 0 Å². The van der Waals surface area contributed by atoms with Crippen LogP contribution < -0.4 is 5.32 Å². The van der Waals surface area contributed by atoms with E-state index >= 15 is 0 Å². The molecule has 10 heteroatoms. The number of nitrogens with zero attached hydrogens (tertiary/aromatic N) is 2. The van der Waals surface area contributed by atoms with Gasteiger partial charge in [-0.3, -0.25) is 4.79 Å². The van der Waals surface area contributed by atoms with E-state index in [1.54, 1.807) is 11.3 Å². The summed E-state index contributed by atoms with van der Waals surface area (Å²) in [6.45, 7) is 2.04. The van der Waals surface area contributed by atoms with Crippen molar-refractivity contribution in [3.63, 3.8) is 0 Å².